The highest BCUT2D eigenvalue weighted by Crippen LogP contribution is 2.19. The molecule has 0 unspecified atom stereocenters. The van der Waals surface area contributed by atoms with Crippen LogP contribution in [-0.2, 0) is 4.74 Å². The molecule has 0 fully saturated rings. The van der Waals surface area contributed by atoms with Crippen molar-refractivity contribution in [2.45, 2.75) is 26.9 Å². The van der Waals surface area contributed by atoms with Gasteiger partial charge >= 0.3 is 0 Å². The van der Waals surface area contributed by atoms with Gasteiger partial charge in [-0.3, -0.25) is 4.79 Å². The first-order valence-electron chi connectivity index (χ1n) is 6.05. The van der Waals surface area contributed by atoms with Crippen LogP contribution in [0.2, 0.25) is 0 Å². The molecule has 0 aliphatic rings. The van der Waals surface area contributed by atoms with Crippen LogP contribution in [0.5, 0.6) is 0 Å². The number of Topliss-reactive ketones (excluding diaryl/α,β-unsaturated/α-hetero) is 1. The number of halogens is 1. The first-order valence-corrected chi connectivity index (χ1v) is 6.05. The summed E-state index contributed by atoms with van der Waals surface area (Å²) in [5, 5.41) is 0. The summed E-state index contributed by atoms with van der Waals surface area (Å²) in [7, 11) is 1.80. The summed E-state index contributed by atoms with van der Waals surface area (Å²) < 4.78 is 19.2. The van der Waals surface area contributed by atoms with Gasteiger partial charge in [0.25, 0.3) is 0 Å². The van der Waals surface area contributed by atoms with E-state index in [0.717, 1.165) is 0 Å². The molecule has 3 nitrogen and oxygen atoms in total. The zero-order chi connectivity index (χ0) is 13.7. The molecule has 0 spiro atoms. The average Bonchev–Trinajstić information content (AvgIpc) is 2.27. The van der Waals surface area contributed by atoms with Gasteiger partial charge in [0.1, 0.15) is 5.82 Å². The van der Waals surface area contributed by atoms with Crippen LogP contribution >= 0.6 is 0 Å². The molecular formula is C14H20FNO2. The minimum atomic E-state index is -0.380. The smallest absolute Gasteiger partial charge is 0.159 e. The standard InChI is InChI=1S/C14H20FNO2/c1-10(2)18-8-7-16(4)14-6-5-12(11(3)17)9-13(14)15/h5-6,9-10H,7-8H2,1-4H3. The van der Waals surface area contributed by atoms with Crippen LogP contribution in [-0.4, -0.2) is 32.1 Å². The lowest BCUT2D eigenvalue weighted by atomic mass is 10.1. The summed E-state index contributed by atoms with van der Waals surface area (Å²) in [5.41, 5.74) is 0.871. The number of ether oxygens (including phenoxy) is 1. The Labute approximate surface area is 108 Å². The summed E-state index contributed by atoms with van der Waals surface area (Å²) in [6, 6.07) is 4.54. The van der Waals surface area contributed by atoms with E-state index in [1.807, 2.05) is 13.8 Å². The minimum Gasteiger partial charge on any atom is -0.377 e. The Hall–Kier alpha value is -1.42. The number of carbonyl (C=O) groups is 1. The molecule has 1 aromatic rings. The monoisotopic (exact) mass is 253 g/mol. The highest BCUT2D eigenvalue weighted by Gasteiger charge is 2.10. The fraction of sp³-hybridized carbons (Fsp3) is 0.500. The number of ketones is 1. The highest BCUT2D eigenvalue weighted by atomic mass is 19.1. The van der Waals surface area contributed by atoms with Gasteiger partial charge in [0.15, 0.2) is 5.78 Å². The van der Waals surface area contributed by atoms with Gasteiger partial charge in [0.05, 0.1) is 18.4 Å². The molecule has 0 atom stereocenters. The zero-order valence-corrected chi connectivity index (χ0v) is 11.4. The molecular weight excluding hydrogens is 233 g/mol. The number of hydrogen-bond acceptors (Lipinski definition) is 3. The van der Waals surface area contributed by atoms with E-state index in [4.69, 9.17) is 4.74 Å². The molecule has 0 bridgehead atoms. The molecule has 1 rings (SSSR count). The van der Waals surface area contributed by atoms with Crippen molar-refractivity contribution in [3.8, 4) is 0 Å². The summed E-state index contributed by atoms with van der Waals surface area (Å²) in [4.78, 5) is 12.9. The lowest BCUT2D eigenvalue weighted by Crippen LogP contribution is -2.24. The van der Waals surface area contributed by atoms with Crippen molar-refractivity contribution in [1.29, 1.82) is 0 Å². The van der Waals surface area contributed by atoms with Crippen molar-refractivity contribution < 1.29 is 13.9 Å². The molecule has 0 amide bonds. The largest absolute Gasteiger partial charge is 0.377 e. The van der Waals surface area contributed by atoms with Crippen molar-refractivity contribution >= 4 is 11.5 Å². The molecule has 0 aromatic heterocycles. The van der Waals surface area contributed by atoms with Crippen molar-refractivity contribution in [3.05, 3.63) is 29.6 Å². The second kappa shape index (κ2) is 6.50. The number of anilines is 1. The minimum absolute atomic E-state index is 0.133. The molecule has 0 aliphatic heterocycles. The molecule has 1 aromatic carbocycles. The third-order valence-corrected chi connectivity index (χ3v) is 2.64. The summed E-state index contributed by atoms with van der Waals surface area (Å²) in [6.07, 6.45) is 0.170. The molecule has 100 valence electrons. The molecule has 0 radical (unpaired) electrons. The lowest BCUT2D eigenvalue weighted by molar-refractivity contribution is 0.0845. The van der Waals surface area contributed by atoms with E-state index < -0.39 is 0 Å². The van der Waals surface area contributed by atoms with Gasteiger partial charge in [-0.1, -0.05) is 0 Å². The third kappa shape index (κ3) is 4.11. The number of carbonyl (C=O) groups excluding carboxylic acids is 1. The predicted octanol–water partition coefficient (Wildman–Crippen LogP) is 2.89. The van der Waals surface area contributed by atoms with Crippen LogP contribution in [0, 0.1) is 5.82 Å². The van der Waals surface area contributed by atoms with Gasteiger partial charge < -0.3 is 9.64 Å². The topological polar surface area (TPSA) is 29.5 Å². The number of likely N-dealkylation sites (N-methyl/N-ethyl adjacent to an activating group) is 1. The lowest BCUT2D eigenvalue weighted by Gasteiger charge is -2.20. The van der Waals surface area contributed by atoms with Gasteiger partial charge in [-0.25, -0.2) is 4.39 Å². The quantitative estimate of drug-likeness (QED) is 0.730. The SMILES string of the molecule is CC(=O)c1ccc(N(C)CCOC(C)C)c(F)c1. The predicted molar refractivity (Wildman–Crippen MR) is 70.8 cm³/mol. The molecule has 0 N–H and O–H groups in total. The summed E-state index contributed by atoms with van der Waals surface area (Å²) in [6.45, 7) is 6.50. The Bertz CT molecular complexity index is 418. The average molecular weight is 253 g/mol. The van der Waals surface area contributed by atoms with E-state index in [1.165, 1.54) is 13.0 Å². The van der Waals surface area contributed by atoms with E-state index in [-0.39, 0.29) is 17.7 Å². The maximum Gasteiger partial charge on any atom is 0.159 e. The fourth-order valence-corrected chi connectivity index (χ4v) is 1.58. The Morgan fingerprint density at radius 2 is 2.11 bits per heavy atom. The Morgan fingerprint density at radius 1 is 1.44 bits per heavy atom. The third-order valence-electron chi connectivity index (χ3n) is 2.64. The molecule has 0 saturated heterocycles. The van der Waals surface area contributed by atoms with Crippen LogP contribution in [0.25, 0.3) is 0 Å². The molecule has 18 heavy (non-hydrogen) atoms. The van der Waals surface area contributed by atoms with E-state index in [1.54, 1.807) is 24.1 Å². The Morgan fingerprint density at radius 3 is 2.61 bits per heavy atom. The van der Waals surface area contributed by atoms with E-state index in [9.17, 15) is 9.18 Å². The van der Waals surface area contributed by atoms with Crippen molar-refractivity contribution in [3.63, 3.8) is 0 Å². The van der Waals surface area contributed by atoms with Gasteiger partial charge in [-0.2, -0.15) is 0 Å². The maximum absolute atomic E-state index is 13.8. The van der Waals surface area contributed by atoms with E-state index >= 15 is 0 Å². The Balaban J connectivity index is 2.68. The molecule has 4 heteroatoms. The molecule has 0 heterocycles. The van der Waals surface area contributed by atoms with Gasteiger partial charge in [0, 0.05) is 19.2 Å². The van der Waals surface area contributed by atoms with Crippen LogP contribution in [0.3, 0.4) is 0 Å². The van der Waals surface area contributed by atoms with Crippen LogP contribution in [0.4, 0.5) is 10.1 Å². The van der Waals surface area contributed by atoms with Gasteiger partial charge in [0.2, 0.25) is 0 Å². The van der Waals surface area contributed by atoms with Crippen molar-refractivity contribution in [2.24, 2.45) is 0 Å². The number of nitrogens with zero attached hydrogens (tertiary/aromatic N) is 1. The second-order valence-electron chi connectivity index (χ2n) is 4.56. The number of benzene rings is 1. The Kier molecular flexibility index (Phi) is 5.28. The van der Waals surface area contributed by atoms with Crippen LogP contribution in [0.1, 0.15) is 31.1 Å². The molecule has 0 aliphatic carbocycles. The molecule has 0 saturated carbocycles. The van der Waals surface area contributed by atoms with Gasteiger partial charge in [-0.05, 0) is 39.0 Å². The summed E-state index contributed by atoms with van der Waals surface area (Å²) in [5.74, 6) is -0.513. The fourth-order valence-electron chi connectivity index (χ4n) is 1.58. The second-order valence-corrected chi connectivity index (χ2v) is 4.56. The summed E-state index contributed by atoms with van der Waals surface area (Å²) >= 11 is 0. The normalized spacial score (nSPS) is 10.8. The highest BCUT2D eigenvalue weighted by molar-refractivity contribution is 5.94. The van der Waals surface area contributed by atoms with E-state index in [2.05, 4.69) is 0 Å². The van der Waals surface area contributed by atoms with Crippen molar-refractivity contribution in [2.75, 3.05) is 25.1 Å². The first kappa shape index (κ1) is 14.6. The van der Waals surface area contributed by atoms with Crippen LogP contribution in [0.15, 0.2) is 18.2 Å². The van der Waals surface area contributed by atoms with E-state index in [0.29, 0.717) is 24.4 Å². The number of rotatable bonds is 6. The zero-order valence-electron chi connectivity index (χ0n) is 11.4. The first-order chi connectivity index (χ1) is 8.41. The van der Waals surface area contributed by atoms with Gasteiger partial charge in [-0.15, -0.1) is 0 Å². The maximum atomic E-state index is 13.8. The van der Waals surface area contributed by atoms with Crippen molar-refractivity contribution in [1.82, 2.24) is 0 Å². The van der Waals surface area contributed by atoms with Crippen LogP contribution < -0.4 is 4.90 Å². The number of hydrogen-bond donors (Lipinski definition) is 0.